The standard InChI is InChI=1S/C22H28N2O/c1-15-3-8-22(25-2)20(13-15)17-6-4-16(5-7-17)19-14-21(19)24-18-9-11-23-12-10-18/h3-8,13,18-19,21,23-24H,9-12,14H2,1-2H3/t19-,21+/m1/s1. The molecule has 0 radical (unpaired) electrons. The van der Waals surface area contributed by atoms with Crippen molar-refractivity contribution in [1.29, 1.82) is 0 Å². The molecule has 0 amide bonds. The number of benzene rings is 2. The Labute approximate surface area is 150 Å². The first kappa shape index (κ1) is 16.6. The molecule has 0 bridgehead atoms. The lowest BCUT2D eigenvalue weighted by molar-refractivity contribution is 0.383. The van der Waals surface area contributed by atoms with Crippen molar-refractivity contribution < 1.29 is 4.74 Å². The van der Waals surface area contributed by atoms with Gasteiger partial charge in [-0.2, -0.15) is 0 Å². The number of aryl methyl sites for hydroxylation is 1. The maximum Gasteiger partial charge on any atom is 0.126 e. The van der Waals surface area contributed by atoms with Crippen LogP contribution in [0.3, 0.4) is 0 Å². The molecule has 0 aromatic heterocycles. The lowest BCUT2D eigenvalue weighted by atomic mass is 9.99. The third-order valence-corrected chi connectivity index (χ3v) is 5.58. The molecule has 1 aliphatic carbocycles. The molecule has 2 aromatic rings. The van der Waals surface area contributed by atoms with Gasteiger partial charge in [-0.25, -0.2) is 0 Å². The zero-order valence-corrected chi connectivity index (χ0v) is 15.2. The predicted octanol–water partition coefficient (Wildman–Crippen LogP) is 3.87. The molecule has 2 aromatic carbocycles. The minimum absolute atomic E-state index is 0.669. The average Bonchev–Trinajstić information content (AvgIpc) is 3.42. The number of hydrogen-bond acceptors (Lipinski definition) is 3. The van der Waals surface area contributed by atoms with Crippen LogP contribution >= 0.6 is 0 Å². The second kappa shape index (κ2) is 7.19. The van der Waals surface area contributed by atoms with Gasteiger partial charge in [-0.15, -0.1) is 0 Å². The average molecular weight is 336 g/mol. The Morgan fingerprint density at radius 1 is 1.04 bits per heavy atom. The Morgan fingerprint density at radius 3 is 2.52 bits per heavy atom. The van der Waals surface area contributed by atoms with Gasteiger partial charge in [0.25, 0.3) is 0 Å². The number of nitrogens with one attached hydrogen (secondary N) is 2. The van der Waals surface area contributed by atoms with Crippen LogP contribution in [0.2, 0.25) is 0 Å². The maximum atomic E-state index is 5.53. The molecule has 0 unspecified atom stereocenters. The van der Waals surface area contributed by atoms with Crippen LogP contribution in [0.5, 0.6) is 5.75 Å². The lowest BCUT2D eigenvalue weighted by Crippen LogP contribution is -2.41. The summed E-state index contributed by atoms with van der Waals surface area (Å²) in [5, 5.41) is 7.29. The number of ether oxygens (including phenoxy) is 1. The third kappa shape index (κ3) is 3.73. The van der Waals surface area contributed by atoms with Crippen LogP contribution in [0.1, 0.15) is 36.3 Å². The van der Waals surface area contributed by atoms with Crippen LogP contribution in [0.4, 0.5) is 0 Å². The molecule has 1 aliphatic heterocycles. The molecule has 2 atom stereocenters. The van der Waals surface area contributed by atoms with Gasteiger partial charge in [-0.3, -0.25) is 0 Å². The van der Waals surface area contributed by atoms with Crippen LogP contribution in [-0.4, -0.2) is 32.3 Å². The van der Waals surface area contributed by atoms with Crippen molar-refractivity contribution in [2.75, 3.05) is 20.2 Å². The summed E-state index contributed by atoms with van der Waals surface area (Å²) in [6, 6.07) is 16.8. The zero-order chi connectivity index (χ0) is 17.2. The highest BCUT2D eigenvalue weighted by Gasteiger charge is 2.39. The van der Waals surface area contributed by atoms with E-state index in [-0.39, 0.29) is 0 Å². The van der Waals surface area contributed by atoms with Crippen LogP contribution in [0, 0.1) is 6.92 Å². The maximum absolute atomic E-state index is 5.53. The van der Waals surface area contributed by atoms with E-state index in [0.717, 1.165) is 18.8 Å². The van der Waals surface area contributed by atoms with E-state index in [4.69, 9.17) is 4.74 Å². The molecule has 1 heterocycles. The van der Waals surface area contributed by atoms with E-state index in [1.165, 1.54) is 41.5 Å². The summed E-state index contributed by atoms with van der Waals surface area (Å²) in [4.78, 5) is 0. The zero-order valence-electron chi connectivity index (χ0n) is 15.2. The Kier molecular flexibility index (Phi) is 4.78. The van der Waals surface area contributed by atoms with Crippen LogP contribution < -0.4 is 15.4 Å². The van der Waals surface area contributed by atoms with Gasteiger partial charge in [0.1, 0.15) is 5.75 Å². The molecule has 2 fully saturated rings. The van der Waals surface area contributed by atoms with E-state index < -0.39 is 0 Å². The molecular weight excluding hydrogens is 308 g/mol. The van der Waals surface area contributed by atoms with Crippen LogP contribution in [-0.2, 0) is 0 Å². The van der Waals surface area contributed by atoms with Crippen LogP contribution in [0.25, 0.3) is 11.1 Å². The molecule has 2 N–H and O–H groups in total. The molecule has 4 rings (SSSR count). The molecule has 3 nitrogen and oxygen atoms in total. The topological polar surface area (TPSA) is 33.3 Å². The molecule has 1 saturated heterocycles. The fraction of sp³-hybridized carbons (Fsp3) is 0.455. The first-order chi connectivity index (χ1) is 12.2. The summed E-state index contributed by atoms with van der Waals surface area (Å²) in [6.45, 7) is 4.43. The third-order valence-electron chi connectivity index (χ3n) is 5.58. The van der Waals surface area contributed by atoms with E-state index in [1.807, 2.05) is 0 Å². The van der Waals surface area contributed by atoms with E-state index >= 15 is 0 Å². The Balaban J connectivity index is 1.44. The van der Waals surface area contributed by atoms with Crippen molar-refractivity contribution >= 4 is 0 Å². The number of rotatable bonds is 5. The minimum Gasteiger partial charge on any atom is -0.496 e. The van der Waals surface area contributed by atoms with E-state index in [0.29, 0.717) is 18.0 Å². The Hall–Kier alpha value is -1.84. The van der Waals surface area contributed by atoms with Crippen molar-refractivity contribution in [3.05, 3.63) is 53.6 Å². The first-order valence-electron chi connectivity index (χ1n) is 9.46. The largest absolute Gasteiger partial charge is 0.496 e. The predicted molar refractivity (Wildman–Crippen MR) is 103 cm³/mol. The summed E-state index contributed by atoms with van der Waals surface area (Å²) < 4.78 is 5.53. The van der Waals surface area contributed by atoms with Gasteiger partial charge < -0.3 is 15.4 Å². The fourth-order valence-corrected chi connectivity index (χ4v) is 4.00. The summed E-state index contributed by atoms with van der Waals surface area (Å²) >= 11 is 0. The number of hydrogen-bond donors (Lipinski definition) is 2. The van der Waals surface area contributed by atoms with Crippen molar-refractivity contribution in [2.45, 2.75) is 44.2 Å². The van der Waals surface area contributed by atoms with Gasteiger partial charge in [0.05, 0.1) is 7.11 Å². The molecule has 2 aliphatic rings. The van der Waals surface area contributed by atoms with Crippen molar-refractivity contribution in [2.24, 2.45) is 0 Å². The summed E-state index contributed by atoms with van der Waals surface area (Å²) in [6.07, 6.45) is 3.79. The summed E-state index contributed by atoms with van der Waals surface area (Å²) in [5.74, 6) is 1.62. The highest BCUT2D eigenvalue weighted by atomic mass is 16.5. The Bertz CT molecular complexity index is 719. The lowest BCUT2D eigenvalue weighted by Gasteiger charge is -2.24. The highest BCUT2D eigenvalue weighted by Crippen LogP contribution is 2.42. The van der Waals surface area contributed by atoms with Crippen molar-refractivity contribution in [1.82, 2.24) is 10.6 Å². The van der Waals surface area contributed by atoms with Gasteiger partial charge in [0.15, 0.2) is 0 Å². The number of piperidine rings is 1. The molecule has 0 spiro atoms. The highest BCUT2D eigenvalue weighted by molar-refractivity contribution is 5.71. The van der Waals surface area contributed by atoms with Gasteiger partial charge in [-0.05, 0) is 62.5 Å². The smallest absolute Gasteiger partial charge is 0.126 e. The quantitative estimate of drug-likeness (QED) is 0.870. The second-order valence-electron chi connectivity index (χ2n) is 7.47. The first-order valence-corrected chi connectivity index (χ1v) is 9.46. The number of methoxy groups -OCH3 is 1. The molecule has 1 saturated carbocycles. The minimum atomic E-state index is 0.669. The van der Waals surface area contributed by atoms with Gasteiger partial charge >= 0.3 is 0 Å². The summed E-state index contributed by atoms with van der Waals surface area (Å²) in [5.41, 5.74) is 5.12. The normalized spacial score (nSPS) is 23.4. The van der Waals surface area contributed by atoms with Crippen LogP contribution in [0.15, 0.2) is 42.5 Å². The van der Waals surface area contributed by atoms with E-state index in [2.05, 4.69) is 60.0 Å². The SMILES string of the molecule is COc1ccc(C)cc1-c1ccc([C@H]2C[C@@H]2NC2CCNCC2)cc1. The van der Waals surface area contributed by atoms with E-state index in [1.54, 1.807) is 7.11 Å². The fourth-order valence-electron chi connectivity index (χ4n) is 4.00. The van der Waals surface area contributed by atoms with Crippen molar-refractivity contribution in [3.8, 4) is 16.9 Å². The van der Waals surface area contributed by atoms with Gasteiger partial charge in [0.2, 0.25) is 0 Å². The van der Waals surface area contributed by atoms with Gasteiger partial charge in [0, 0.05) is 23.6 Å². The summed E-state index contributed by atoms with van der Waals surface area (Å²) in [7, 11) is 1.74. The molecule has 25 heavy (non-hydrogen) atoms. The molecule has 132 valence electrons. The van der Waals surface area contributed by atoms with Gasteiger partial charge in [-0.1, -0.05) is 35.9 Å². The van der Waals surface area contributed by atoms with E-state index in [9.17, 15) is 0 Å². The molecule has 3 heteroatoms. The monoisotopic (exact) mass is 336 g/mol. The molecular formula is C22H28N2O. The van der Waals surface area contributed by atoms with Crippen molar-refractivity contribution in [3.63, 3.8) is 0 Å². The Morgan fingerprint density at radius 2 is 1.80 bits per heavy atom. The second-order valence-corrected chi connectivity index (χ2v) is 7.47.